The van der Waals surface area contributed by atoms with Gasteiger partial charge in [0.1, 0.15) is 5.82 Å². The van der Waals surface area contributed by atoms with Gasteiger partial charge in [0.25, 0.3) is 5.56 Å². The van der Waals surface area contributed by atoms with Gasteiger partial charge in [0.15, 0.2) is 0 Å². The largest absolute Gasteiger partial charge is 0.396 e. The van der Waals surface area contributed by atoms with Gasteiger partial charge in [-0.15, -0.1) is 0 Å². The average Bonchev–Trinajstić information content (AvgIpc) is 2.83. The molecule has 0 aliphatic carbocycles. The number of nitrogens with zero attached hydrogens (tertiary/aromatic N) is 3. The van der Waals surface area contributed by atoms with Crippen molar-refractivity contribution in [1.29, 1.82) is 5.26 Å². The van der Waals surface area contributed by atoms with Crippen molar-refractivity contribution >= 4 is 0 Å². The lowest BCUT2D eigenvalue weighted by atomic mass is 9.99. The zero-order valence-corrected chi connectivity index (χ0v) is 19.1. The molecule has 0 aliphatic rings. The Morgan fingerprint density at radius 3 is 2.47 bits per heavy atom. The third-order valence-electron chi connectivity index (χ3n) is 5.75. The van der Waals surface area contributed by atoms with Crippen LogP contribution in [-0.4, -0.2) is 21.3 Å². The summed E-state index contributed by atoms with van der Waals surface area (Å²) in [5.41, 5.74) is 5.09. The summed E-state index contributed by atoms with van der Waals surface area (Å²) in [6.07, 6.45) is 2.88. The predicted molar refractivity (Wildman–Crippen MR) is 128 cm³/mol. The minimum atomic E-state index is -0.000460. The van der Waals surface area contributed by atoms with Crippen LogP contribution in [0, 0.1) is 17.2 Å². The smallest absolute Gasteiger partial charge is 0.257 e. The fourth-order valence-electron chi connectivity index (χ4n) is 3.98. The molecule has 1 aromatic heterocycles. The zero-order chi connectivity index (χ0) is 23.1. The zero-order valence-electron chi connectivity index (χ0n) is 19.1. The first-order valence-corrected chi connectivity index (χ1v) is 11.3. The summed E-state index contributed by atoms with van der Waals surface area (Å²) >= 11 is 0. The molecule has 0 bridgehead atoms. The molecule has 0 aliphatic heterocycles. The highest BCUT2D eigenvalue weighted by atomic mass is 16.3. The monoisotopic (exact) mass is 429 g/mol. The number of nitriles is 1. The maximum Gasteiger partial charge on any atom is 0.257 e. The lowest BCUT2D eigenvalue weighted by molar-refractivity contribution is 0.236. The van der Waals surface area contributed by atoms with Crippen molar-refractivity contribution in [3.8, 4) is 17.2 Å². The summed E-state index contributed by atoms with van der Waals surface area (Å²) in [5.74, 6) is 0.827. The molecule has 0 amide bonds. The summed E-state index contributed by atoms with van der Waals surface area (Å²) in [6.45, 7) is 6.55. The van der Waals surface area contributed by atoms with E-state index in [1.54, 1.807) is 4.57 Å². The summed E-state index contributed by atoms with van der Waals surface area (Å²) in [5, 5.41) is 18.9. The van der Waals surface area contributed by atoms with E-state index in [4.69, 9.17) is 4.98 Å². The van der Waals surface area contributed by atoms with Gasteiger partial charge in [-0.3, -0.25) is 9.36 Å². The molecule has 32 heavy (non-hydrogen) atoms. The standard InChI is InChI=1S/C27H31N3O2/c1-4-8-26-29-25(5-2)24(15-19(3)18-31)27(32)30(26)17-20-11-13-21(14-12-20)23-10-7-6-9-22(23)16-28/h6-7,9-14,19,31H,4-5,8,15,17-18H2,1-3H3. The van der Waals surface area contributed by atoms with E-state index < -0.39 is 0 Å². The van der Waals surface area contributed by atoms with Crippen molar-refractivity contribution in [2.75, 3.05) is 6.61 Å². The van der Waals surface area contributed by atoms with Crippen molar-refractivity contribution in [3.63, 3.8) is 0 Å². The van der Waals surface area contributed by atoms with Crippen LogP contribution in [-0.2, 0) is 25.8 Å². The van der Waals surface area contributed by atoms with E-state index >= 15 is 0 Å². The first-order chi connectivity index (χ1) is 15.5. The molecule has 1 heterocycles. The second kappa shape index (κ2) is 10.9. The van der Waals surface area contributed by atoms with E-state index in [1.807, 2.05) is 62.4 Å². The molecule has 3 rings (SSSR count). The van der Waals surface area contributed by atoms with Crippen LogP contribution >= 0.6 is 0 Å². The molecular weight excluding hydrogens is 398 g/mol. The number of benzene rings is 2. The Bertz CT molecular complexity index is 1160. The summed E-state index contributed by atoms with van der Waals surface area (Å²) in [7, 11) is 0. The third-order valence-corrected chi connectivity index (χ3v) is 5.75. The molecule has 5 nitrogen and oxygen atoms in total. The van der Waals surface area contributed by atoms with Crippen LogP contribution < -0.4 is 5.56 Å². The Morgan fingerprint density at radius 2 is 1.84 bits per heavy atom. The molecule has 0 fully saturated rings. The quantitative estimate of drug-likeness (QED) is 0.543. The molecule has 1 N–H and O–H groups in total. The summed E-state index contributed by atoms with van der Waals surface area (Å²) in [6, 6.07) is 17.8. The van der Waals surface area contributed by atoms with E-state index in [9.17, 15) is 15.2 Å². The Hall–Kier alpha value is -3.23. The van der Waals surface area contributed by atoms with E-state index in [0.717, 1.165) is 41.1 Å². The molecule has 1 unspecified atom stereocenters. The second-order valence-corrected chi connectivity index (χ2v) is 8.29. The van der Waals surface area contributed by atoms with Crippen molar-refractivity contribution < 1.29 is 5.11 Å². The normalized spacial score (nSPS) is 11.8. The number of hydrogen-bond donors (Lipinski definition) is 1. The number of aryl methyl sites for hydroxylation is 2. The summed E-state index contributed by atoms with van der Waals surface area (Å²) in [4.78, 5) is 18.3. The van der Waals surface area contributed by atoms with Crippen LogP contribution in [0.25, 0.3) is 11.1 Å². The lowest BCUT2D eigenvalue weighted by Crippen LogP contribution is -2.32. The van der Waals surface area contributed by atoms with Crippen molar-refractivity contribution in [1.82, 2.24) is 9.55 Å². The lowest BCUT2D eigenvalue weighted by Gasteiger charge is -2.18. The molecule has 0 radical (unpaired) electrons. The Kier molecular flexibility index (Phi) is 7.97. The van der Waals surface area contributed by atoms with Gasteiger partial charge in [0.2, 0.25) is 0 Å². The molecule has 5 heteroatoms. The minimum Gasteiger partial charge on any atom is -0.396 e. The fraction of sp³-hybridized carbons (Fsp3) is 0.370. The SMILES string of the molecule is CCCc1nc(CC)c(CC(C)CO)c(=O)n1Cc1ccc(-c2ccccc2C#N)cc1. The van der Waals surface area contributed by atoms with Crippen LogP contribution in [0.2, 0.25) is 0 Å². The van der Waals surface area contributed by atoms with E-state index in [0.29, 0.717) is 30.5 Å². The van der Waals surface area contributed by atoms with Gasteiger partial charge in [-0.05, 0) is 47.9 Å². The number of aromatic nitrogens is 2. The van der Waals surface area contributed by atoms with Gasteiger partial charge in [-0.2, -0.15) is 5.26 Å². The average molecular weight is 430 g/mol. The van der Waals surface area contributed by atoms with Gasteiger partial charge < -0.3 is 5.11 Å². The second-order valence-electron chi connectivity index (χ2n) is 8.29. The Morgan fingerprint density at radius 1 is 1.12 bits per heavy atom. The molecule has 2 aromatic carbocycles. The third kappa shape index (κ3) is 5.15. The first kappa shape index (κ1) is 23.4. The van der Waals surface area contributed by atoms with E-state index in [2.05, 4.69) is 13.0 Å². The number of aliphatic hydroxyl groups excluding tert-OH is 1. The number of hydrogen-bond acceptors (Lipinski definition) is 4. The van der Waals surface area contributed by atoms with E-state index in [-0.39, 0.29) is 18.1 Å². The molecule has 166 valence electrons. The van der Waals surface area contributed by atoms with Gasteiger partial charge >= 0.3 is 0 Å². The predicted octanol–water partition coefficient (Wildman–Crippen LogP) is 4.52. The van der Waals surface area contributed by atoms with Crippen LogP contribution in [0.15, 0.2) is 53.3 Å². The van der Waals surface area contributed by atoms with Gasteiger partial charge in [0.05, 0.1) is 23.9 Å². The van der Waals surface area contributed by atoms with Crippen LogP contribution in [0.1, 0.15) is 55.4 Å². The number of aliphatic hydroxyl groups is 1. The highest BCUT2D eigenvalue weighted by Crippen LogP contribution is 2.24. The molecule has 0 saturated heterocycles. The van der Waals surface area contributed by atoms with E-state index in [1.165, 1.54) is 0 Å². The molecular formula is C27H31N3O2. The van der Waals surface area contributed by atoms with Crippen LogP contribution in [0.5, 0.6) is 0 Å². The first-order valence-electron chi connectivity index (χ1n) is 11.3. The Balaban J connectivity index is 1.99. The summed E-state index contributed by atoms with van der Waals surface area (Å²) < 4.78 is 1.79. The van der Waals surface area contributed by atoms with Gasteiger partial charge in [0, 0.05) is 18.6 Å². The van der Waals surface area contributed by atoms with Crippen LogP contribution in [0.3, 0.4) is 0 Å². The molecule has 1 atom stereocenters. The topological polar surface area (TPSA) is 78.9 Å². The Labute approximate surface area is 190 Å². The van der Waals surface area contributed by atoms with Gasteiger partial charge in [-0.1, -0.05) is 63.2 Å². The molecule has 0 saturated carbocycles. The van der Waals surface area contributed by atoms with Crippen molar-refractivity contribution in [2.24, 2.45) is 5.92 Å². The highest BCUT2D eigenvalue weighted by molar-refractivity contribution is 5.70. The maximum absolute atomic E-state index is 13.5. The minimum absolute atomic E-state index is 0.000460. The molecule has 3 aromatic rings. The van der Waals surface area contributed by atoms with Crippen molar-refractivity contribution in [2.45, 2.75) is 53.0 Å². The highest BCUT2D eigenvalue weighted by Gasteiger charge is 2.18. The number of rotatable bonds is 9. The maximum atomic E-state index is 13.5. The van der Waals surface area contributed by atoms with Crippen LogP contribution in [0.4, 0.5) is 0 Å². The van der Waals surface area contributed by atoms with Gasteiger partial charge in [-0.25, -0.2) is 4.98 Å². The molecule has 0 spiro atoms. The van der Waals surface area contributed by atoms with Crippen molar-refractivity contribution in [3.05, 3.63) is 87.1 Å². The fourth-order valence-corrected chi connectivity index (χ4v) is 3.98.